The van der Waals surface area contributed by atoms with Crippen LogP contribution in [0.25, 0.3) is 0 Å². The molecule has 14 nitrogen and oxygen atoms in total. The first kappa shape index (κ1) is 115. The second-order valence-electron chi connectivity index (χ2n) is 29.8. The number of nitrogens with one attached hydrogen (secondary N) is 6. The molecule has 0 aromatic heterocycles. The van der Waals surface area contributed by atoms with Crippen LogP contribution in [0, 0.1) is 77.9 Å². The molecule has 9 aromatic carbocycles. The molecule has 9 rings (SSSR count). The second-order valence-corrected chi connectivity index (χ2v) is 48.1. The maximum Gasteiger partial charge on any atom is 0.154 e. The molecule has 0 aliphatic rings. The molecule has 0 fully saturated rings. The summed E-state index contributed by atoms with van der Waals surface area (Å²) in [5.74, 6) is 6.39. The minimum atomic E-state index is 0. The highest BCUT2D eigenvalue weighted by Crippen LogP contribution is 2.42. The Morgan fingerprint density at radius 2 is 0.559 bits per heavy atom. The van der Waals surface area contributed by atoms with Crippen molar-refractivity contribution in [1.29, 1.82) is 0 Å². The maximum atomic E-state index is 10.1. The lowest BCUT2D eigenvalue weighted by Gasteiger charge is -2.18. The molecule has 4 atom stereocenters. The largest absolute Gasteiger partial charge is 0.508 e. The van der Waals surface area contributed by atoms with E-state index in [1.807, 2.05) is 25.1 Å². The van der Waals surface area contributed by atoms with E-state index in [4.69, 9.17) is 14.2 Å². The molecule has 650 valence electrons. The fourth-order valence-corrected chi connectivity index (χ4v) is 27.5. The zero-order valence-electron chi connectivity index (χ0n) is 68.5. The lowest BCUT2D eigenvalue weighted by atomic mass is 10.1. The van der Waals surface area contributed by atoms with Gasteiger partial charge in [0.15, 0.2) is 17.2 Å². The monoisotopic (exact) mass is 3410 g/mol. The van der Waals surface area contributed by atoms with Crippen molar-refractivity contribution in [3.63, 3.8) is 0 Å². The Kier molecular flexibility index (Phi) is 55.4. The van der Waals surface area contributed by atoms with E-state index in [9.17, 15) is 25.5 Å². The minimum Gasteiger partial charge on any atom is -0.508 e. The fraction of sp³-hybridized carbons (Fsp3) is 0.386. The van der Waals surface area contributed by atoms with E-state index in [-0.39, 0.29) is 18.9 Å². The quantitative estimate of drug-likeness (QED) is 0.0181. The number of phenols is 5. The second kappa shape index (κ2) is 57.1. The van der Waals surface area contributed by atoms with Gasteiger partial charge in [0.2, 0.25) is 0 Å². The summed E-state index contributed by atoms with van der Waals surface area (Å²) in [7, 11) is 0. The smallest absolute Gasteiger partial charge is 0.154 e. The molecule has 0 spiro atoms. The standard InChI is InChI=1S/C18H19I4NO2.C18H20I3NO2.C18H21I2NO2.C12H17I2NO.C11H15I2NO.C10H12I3N.CH4/c1-9(2)23-10(3)4-11-5-15(21)18(16(22)6-11)25-12-7-13(19)17(24)14(20)8-12;1-10(2)22-11(3)6-12-7-15(20)18(16(21)8-12)24-13-4-5-17(23)14(19)9-13;1-11(2)21-12(3)8-13-9-16(19)18(17(20)10-13)23-15-6-4-14(22)5-7-15;1-7(2)15-8(3)4-9-5-10(13)12(16)11(14)6-9;1-5(2)14-10-9(13)6(3)8(12)7(4)11(10)15;1-5(2)14-10-8(12)4-7(11)6(3)9(10)13;/h5-10,23-24H,4H2,1-3H3;4-5,7-11,22-23H,6H2,1-3H3;4-7,9-12,21-22H,8H2,1-3H3;5-8,15-16H,4H2,1-3H3;5,14-15H,1-4H3;4-5,14H,1-3H3;1H4. The highest BCUT2D eigenvalue weighted by atomic mass is 127. The van der Waals surface area contributed by atoms with E-state index in [1.165, 1.54) is 49.8 Å². The van der Waals surface area contributed by atoms with Crippen LogP contribution in [0.2, 0.25) is 0 Å². The van der Waals surface area contributed by atoms with Gasteiger partial charge in [-0.3, -0.25) is 0 Å². The number of anilines is 2. The van der Waals surface area contributed by atoms with Gasteiger partial charge in [-0.1, -0.05) is 62.8 Å². The van der Waals surface area contributed by atoms with Gasteiger partial charge in [-0.2, -0.15) is 0 Å². The van der Waals surface area contributed by atoms with E-state index in [0.29, 0.717) is 77.7 Å². The summed E-state index contributed by atoms with van der Waals surface area (Å²) in [5.41, 5.74) is 10.9. The molecule has 0 amide bonds. The Balaban J connectivity index is 0.000000371. The van der Waals surface area contributed by atoms with Gasteiger partial charge in [0.1, 0.15) is 46.0 Å². The molecule has 0 bridgehead atoms. The number of rotatable bonds is 26. The number of hydrogen-bond donors (Lipinski definition) is 11. The molecule has 0 saturated carbocycles. The Bertz CT molecular complexity index is 4590. The average molecular weight is 3410 g/mol. The molecule has 0 aliphatic heterocycles. The van der Waals surface area contributed by atoms with Crippen LogP contribution in [-0.4, -0.2) is 86.0 Å². The Labute approximate surface area is 921 Å². The molecule has 0 heterocycles. The minimum absolute atomic E-state index is 0. The van der Waals surface area contributed by atoms with Gasteiger partial charge >= 0.3 is 0 Å². The van der Waals surface area contributed by atoms with Crippen LogP contribution in [0.1, 0.15) is 157 Å². The number of phenolic OH excluding ortho intramolecular Hbond substituents is 5. The summed E-state index contributed by atoms with van der Waals surface area (Å²) in [6.07, 6.45) is 3.95. The first-order chi connectivity index (χ1) is 54.5. The Morgan fingerprint density at radius 1 is 0.271 bits per heavy atom. The van der Waals surface area contributed by atoms with E-state index in [0.717, 1.165) is 118 Å². The van der Waals surface area contributed by atoms with Gasteiger partial charge in [0.25, 0.3) is 0 Å². The predicted molar refractivity (Wildman–Crippen MR) is 634 cm³/mol. The van der Waals surface area contributed by atoms with E-state index in [1.54, 1.807) is 36.4 Å². The average Bonchev–Trinajstić information content (AvgIpc) is 0.791. The molecule has 4 unspecified atom stereocenters. The van der Waals surface area contributed by atoms with Crippen LogP contribution in [0.5, 0.6) is 63.2 Å². The van der Waals surface area contributed by atoms with Crippen molar-refractivity contribution in [2.45, 2.75) is 225 Å². The summed E-state index contributed by atoms with van der Waals surface area (Å²) in [4.78, 5) is 0. The van der Waals surface area contributed by atoms with Gasteiger partial charge in [0.05, 0.1) is 50.6 Å². The molecule has 9 aromatic rings. The third-order valence-electron chi connectivity index (χ3n) is 16.4. The molecule has 118 heavy (non-hydrogen) atoms. The Morgan fingerprint density at radius 3 is 0.890 bits per heavy atom. The van der Waals surface area contributed by atoms with Crippen LogP contribution < -0.4 is 46.1 Å². The summed E-state index contributed by atoms with van der Waals surface area (Å²) >= 11 is 36.4. The highest BCUT2D eigenvalue weighted by molar-refractivity contribution is 14.1. The number of halogens is 16. The van der Waals surface area contributed by atoms with Crippen molar-refractivity contribution < 1.29 is 39.7 Å². The zero-order chi connectivity index (χ0) is 88.5. The van der Waals surface area contributed by atoms with Crippen molar-refractivity contribution in [1.82, 2.24) is 21.3 Å². The van der Waals surface area contributed by atoms with Crippen molar-refractivity contribution in [3.8, 4) is 63.2 Å². The van der Waals surface area contributed by atoms with Gasteiger partial charge in [-0.05, 0) is 606 Å². The third kappa shape index (κ3) is 40.3. The van der Waals surface area contributed by atoms with E-state index >= 15 is 0 Å². The number of aromatic hydroxyl groups is 5. The van der Waals surface area contributed by atoms with E-state index < -0.39 is 0 Å². The molecule has 0 saturated heterocycles. The van der Waals surface area contributed by atoms with Crippen molar-refractivity contribution in [2.24, 2.45) is 0 Å². The van der Waals surface area contributed by atoms with Gasteiger partial charge in [-0.25, -0.2) is 0 Å². The number of hydrogen-bond acceptors (Lipinski definition) is 14. The van der Waals surface area contributed by atoms with E-state index in [2.05, 4.69) is 573 Å². The highest BCUT2D eigenvalue weighted by Gasteiger charge is 2.21. The lowest BCUT2D eigenvalue weighted by Crippen LogP contribution is -2.33. The van der Waals surface area contributed by atoms with Crippen LogP contribution >= 0.6 is 361 Å². The van der Waals surface area contributed by atoms with Crippen molar-refractivity contribution in [2.75, 3.05) is 10.6 Å². The summed E-state index contributed by atoms with van der Waals surface area (Å²) < 4.78 is 35.1. The van der Waals surface area contributed by atoms with Crippen LogP contribution in [0.15, 0.2) is 109 Å². The number of benzene rings is 9. The first-order valence-electron chi connectivity index (χ1n) is 37.4. The fourth-order valence-electron chi connectivity index (χ4n) is 11.7. The summed E-state index contributed by atoms with van der Waals surface area (Å²) in [6.45, 7) is 40.8. The van der Waals surface area contributed by atoms with Gasteiger partial charge < -0.3 is 71.6 Å². The van der Waals surface area contributed by atoms with Gasteiger partial charge in [-0.15, -0.1) is 0 Å². The molecule has 30 heteroatoms. The predicted octanol–water partition coefficient (Wildman–Crippen LogP) is 30.6. The molecule has 11 N–H and O–H groups in total. The molecular weight excluding hydrogens is 3300 g/mol. The first-order valence-corrected chi connectivity index (χ1v) is 54.7. The topological polar surface area (TPSA) is 201 Å². The van der Waals surface area contributed by atoms with Crippen LogP contribution in [0.4, 0.5) is 11.4 Å². The zero-order valence-corrected chi connectivity index (χ0v) is 103. The van der Waals surface area contributed by atoms with Gasteiger partial charge in [0, 0.05) is 83.8 Å². The van der Waals surface area contributed by atoms with Crippen molar-refractivity contribution in [3.05, 3.63) is 205 Å². The number of ether oxygens (including phenoxy) is 3. The third-order valence-corrected chi connectivity index (χ3v) is 31.6. The molecule has 0 radical (unpaired) electrons. The maximum absolute atomic E-state index is 10.1. The SMILES string of the molecule is C.CC(C)NC(C)Cc1cc(I)c(O)c(I)c1.CC(C)NC(C)Cc1cc(I)c(Oc2cc(I)c(O)c(I)c2)c(I)c1.CC(C)NC(C)Cc1cc(I)c(Oc2ccc(O)c(I)c2)c(I)c1.CC(C)NC(C)Cc1cc(I)c(Oc2ccc(O)cc2)c(I)c1.Cc1c(I)cc(I)c(NC(C)C)c1I.Cc1c(O)c(NC(C)C)c(I)c(C)c1I. The molecular formula is C88H108I16N6O8. The Hall–Kier alpha value is 2.50. The normalized spacial score (nSPS) is 12.0. The lowest BCUT2D eigenvalue weighted by molar-refractivity contribution is 0.454. The summed E-state index contributed by atoms with van der Waals surface area (Å²) in [6, 6.07) is 39.7. The van der Waals surface area contributed by atoms with Crippen LogP contribution in [0.3, 0.4) is 0 Å². The van der Waals surface area contributed by atoms with Crippen LogP contribution in [-0.2, 0) is 25.7 Å². The summed E-state index contributed by atoms with van der Waals surface area (Å²) in [5, 5.41) is 69.5. The molecule has 0 aliphatic carbocycles. The van der Waals surface area contributed by atoms with Crippen molar-refractivity contribution >= 4 is 373 Å².